The molecule has 0 spiro atoms. The Balaban J connectivity index is 2.43. The highest BCUT2D eigenvalue weighted by molar-refractivity contribution is 6.35. The number of hydrogen-bond acceptors (Lipinski definition) is 6. The first-order valence-corrected chi connectivity index (χ1v) is 7.43. The van der Waals surface area contributed by atoms with Crippen LogP contribution in [0.4, 0.5) is 0 Å². The molecule has 0 saturated carbocycles. The second-order valence-corrected chi connectivity index (χ2v) is 5.32. The number of aromatic nitrogens is 2. The maximum absolute atomic E-state index is 9.44. The summed E-state index contributed by atoms with van der Waals surface area (Å²) in [7, 11) is 2.97. The molecule has 0 aliphatic carbocycles. The molecule has 0 amide bonds. The monoisotopic (exact) mass is 365 g/mol. The van der Waals surface area contributed by atoms with E-state index in [9.17, 15) is 5.26 Å². The van der Waals surface area contributed by atoms with Gasteiger partial charge in [-0.1, -0.05) is 23.2 Å². The molecule has 2 aromatic rings. The third-order valence-electron chi connectivity index (χ3n) is 2.89. The highest BCUT2D eigenvalue weighted by Gasteiger charge is 2.11. The maximum atomic E-state index is 9.44. The van der Waals surface area contributed by atoms with Crippen molar-refractivity contribution in [1.82, 2.24) is 9.97 Å². The van der Waals surface area contributed by atoms with Gasteiger partial charge >= 0.3 is 0 Å². The molecule has 24 heavy (non-hydrogen) atoms. The number of rotatable bonds is 6. The molecule has 0 aliphatic heterocycles. The molecule has 0 unspecified atom stereocenters. The zero-order valence-corrected chi connectivity index (χ0v) is 14.4. The van der Waals surface area contributed by atoms with E-state index in [1.165, 1.54) is 26.6 Å². The van der Waals surface area contributed by atoms with Crippen LogP contribution in [0.2, 0.25) is 10.0 Å². The van der Waals surface area contributed by atoms with Crippen molar-refractivity contribution in [2.75, 3.05) is 21.0 Å². The van der Waals surface area contributed by atoms with Gasteiger partial charge in [0.05, 0.1) is 34.5 Å². The van der Waals surface area contributed by atoms with Gasteiger partial charge in [-0.05, 0) is 18.2 Å². The van der Waals surface area contributed by atoms with E-state index in [2.05, 4.69) is 16.0 Å². The van der Waals surface area contributed by atoms with Gasteiger partial charge in [0, 0.05) is 25.1 Å². The minimum Gasteiger partial charge on any atom is -0.478 e. The number of nitrogens with zero attached hydrogens (tertiary/aromatic N) is 3. The molecule has 0 aliphatic rings. The van der Waals surface area contributed by atoms with Crippen LogP contribution in [0.15, 0.2) is 24.5 Å². The quantitative estimate of drug-likeness (QED) is 0.571. The molecule has 2 aromatic heterocycles. The van der Waals surface area contributed by atoms with Gasteiger partial charge in [-0.2, -0.15) is 5.26 Å². The summed E-state index contributed by atoms with van der Waals surface area (Å²) in [6.07, 6.45) is 4.49. The normalized spacial score (nSPS) is 11.0. The number of hydrogen-bond donors (Lipinski definition) is 0. The second kappa shape index (κ2) is 8.50. The third kappa shape index (κ3) is 4.36. The summed E-state index contributed by atoms with van der Waals surface area (Å²) in [4.78, 5) is 8.24. The highest BCUT2D eigenvalue weighted by Crippen LogP contribution is 2.29. The molecule has 0 radical (unpaired) electrons. The van der Waals surface area contributed by atoms with Gasteiger partial charge in [0.2, 0.25) is 0 Å². The number of allylic oxidation sites excluding steroid dienone is 1. The van der Waals surface area contributed by atoms with Crippen LogP contribution in [0.25, 0.3) is 11.6 Å². The van der Waals surface area contributed by atoms with Crippen molar-refractivity contribution in [2.45, 2.75) is 0 Å². The van der Waals surface area contributed by atoms with Crippen molar-refractivity contribution in [1.29, 1.82) is 5.26 Å². The number of pyridine rings is 2. The van der Waals surface area contributed by atoms with Crippen molar-refractivity contribution in [3.05, 3.63) is 45.8 Å². The topological polar surface area (TPSA) is 77.3 Å². The summed E-state index contributed by atoms with van der Waals surface area (Å²) in [5, 5.41) is 10.2. The van der Waals surface area contributed by atoms with E-state index in [0.717, 1.165) is 0 Å². The fourth-order valence-electron chi connectivity index (χ4n) is 1.81. The van der Waals surface area contributed by atoms with Crippen LogP contribution in [-0.2, 0) is 4.74 Å². The zero-order valence-electron chi connectivity index (χ0n) is 12.9. The summed E-state index contributed by atoms with van der Waals surface area (Å²) in [5.74, 6) is 0.643. The van der Waals surface area contributed by atoms with Crippen LogP contribution in [0.1, 0.15) is 11.3 Å². The molecule has 0 saturated heterocycles. The van der Waals surface area contributed by atoms with Crippen LogP contribution in [0, 0.1) is 11.3 Å². The van der Waals surface area contributed by atoms with Crippen LogP contribution >= 0.6 is 23.2 Å². The molecule has 6 nitrogen and oxygen atoms in total. The Morgan fingerprint density at radius 2 is 2.04 bits per heavy atom. The van der Waals surface area contributed by atoms with E-state index in [-0.39, 0.29) is 12.7 Å². The number of halogens is 2. The third-order valence-corrected chi connectivity index (χ3v) is 3.40. The lowest BCUT2D eigenvalue weighted by Gasteiger charge is -2.10. The van der Waals surface area contributed by atoms with Crippen LogP contribution in [0.3, 0.4) is 0 Å². The van der Waals surface area contributed by atoms with Gasteiger partial charge < -0.3 is 14.2 Å². The molecule has 0 N–H and O–H groups in total. The Labute approximate surface area is 149 Å². The maximum Gasteiger partial charge on any atom is 0.256 e. The first kappa shape index (κ1) is 18.0. The van der Waals surface area contributed by atoms with E-state index in [0.29, 0.717) is 32.6 Å². The molecule has 0 atom stereocenters. The Morgan fingerprint density at radius 1 is 1.25 bits per heavy atom. The molecule has 124 valence electrons. The standard InChI is InChI=1S/C16H13Cl2N3O3/c1-22-9-24-15-4-11(7-21-16(15)23-2)10(6-19)3-14-13(18)5-12(17)8-20-14/h3-5,7-8H,9H2,1-2H3/b10-3+. The molecular formula is C16H13Cl2N3O3. The average Bonchev–Trinajstić information content (AvgIpc) is 2.59. The molecular weight excluding hydrogens is 353 g/mol. The highest BCUT2D eigenvalue weighted by atomic mass is 35.5. The Hall–Kier alpha value is -2.33. The van der Waals surface area contributed by atoms with Crippen molar-refractivity contribution < 1.29 is 14.2 Å². The van der Waals surface area contributed by atoms with Gasteiger partial charge in [-0.15, -0.1) is 0 Å². The summed E-state index contributed by atoms with van der Waals surface area (Å²) < 4.78 is 15.4. The van der Waals surface area contributed by atoms with Gasteiger partial charge in [0.25, 0.3) is 5.88 Å². The van der Waals surface area contributed by atoms with Crippen LogP contribution < -0.4 is 9.47 Å². The summed E-state index contributed by atoms with van der Waals surface area (Å²) >= 11 is 11.9. The number of ether oxygens (including phenoxy) is 3. The van der Waals surface area contributed by atoms with Crippen molar-refractivity contribution in [3.63, 3.8) is 0 Å². The molecule has 8 heteroatoms. The van der Waals surface area contributed by atoms with Crippen molar-refractivity contribution >= 4 is 34.9 Å². The lowest BCUT2D eigenvalue weighted by atomic mass is 10.1. The van der Waals surface area contributed by atoms with Gasteiger partial charge in [0.15, 0.2) is 12.5 Å². The molecule has 0 aromatic carbocycles. The smallest absolute Gasteiger partial charge is 0.256 e. The fourth-order valence-corrected chi connectivity index (χ4v) is 2.24. The minimum absolute atomic E-state index is 0.0255. The Kier molecular flexibility index (Phi) is 6.38. The molecule has 2 rings (SSSR count). The predicted molar refractivity (Wildman–Crippen MR) is 91.0 cm³/mol. The van der Waals surface area contributed by atoms with E-state index < -0.39 is 0 Å². The lowest BCUT2D eigenvalue weighted by Crippen LogP contribution is -2.02. The van der Waals surface area contributed by atoms with E-state index in [1.54, 1.807) is 18.2 Å². The molecule has 0 fully saturated rings. The van der Waals surface area contributed by atoms with Crippen LogP contribution in [0.5, 0.6) is 11.6 Å². The van der Waals surface area contributed by atoms with Crippen molar-refractivity contribution in [3.8, 4) is 17.7 Å². The van der Waals surface area contributed by atoms with E-state index >= 15 is 0 Å². The largest absolute Gasteiger partial charge is 0.478 e. The first-order chi connectivity index (χ1) is 11.6. The number of nitriles is 1. The molecule has 0 bridgehead atoms. The zero-order chi connectivity index (χ0) is 17.5. The van der Waals surface area contributed by atoms with Gasteiger partial charge in [-0.25, -0.2) is 4.98 Å². The summed E-state index contributed by atoms with van der Waals surface area (Å²) in [6, 6.07) is 5.27. The second-order valence-electron chi connectivity index (χ2n) is 4.47. The Bertz CT molecular complexity index is 804. The average molecular weight is 366 g/mol. The number of methoxy groups -OCH3 is 2. The minimum atomic E-state index is 0.0255. The van der Waals surface area contributed by atoms with E-state index in [1.807, 2.05) is 0 Å². The SMILES string of the molecule is COCOc1cc(/C(C#N)=C/c2ncc(Cl)cc2Cl)cnc1OC. The lowest BCUT2D eigenvalue weighted by molar-refractivity contribution is 0.0486. The van der Waals surface area contributed by atoms with Crippen molar-refractivity contribution in [2.24, 2.45) is 0 Å². The fraction of sp³-hybridized carbons (Fsp3) is 0.188. The van der Waals surface area contributed by atoms with Gasteiger partial charge in [-0.3, -0.25) is 4.98 Å². The van der Waals surface area contributed by atoms with Gasteiger partial charge in [0.1, 0.15) is 0 Å². The summed E-state index contributed by atoms with van der Waals surface area (Å²) in [6.45, 7) is 0.0255. The first-order valence-electron chi connectivity index (χ1n) is 6.68. The summed E-state index contributed by atoms with van der Waals surface area (Å²) in [5.41, 5.74) is 1.26. The van der Waals surface area contributed by atoms with E-state index in [4.69, 9.17) is 37.4 Å². The molecule has 2 heterocycles. The predicted octanol–water partition coefficient (Wildman–Crippen LogP) is 3.84. The van der Waals surface area contributed by atoms with Crippen LogP contribution in [-0.4, -0.2) is 31.0 Å². The Morgan fingerprint density at radius 3 is 2.67 bits per heavy atom.